The van der Waals surface area contributed by atoms with Crippen LogP contribution in [0, 0.1) is 5.41 Å². The molecule has 1 saturated carbocycles. The Labute approximate surface area is 178 Å². The van der Waals surface area contributed by atoms with Crippen LogP contribution >= 0.6 is 0 Å². The highest BCUT2D eigenvalue weighted by molar-refractivity contribution is 6.05. The van der Waals surface area contributed by atoms with Gasteiger partial charge < -0.3 is 26.3 Å². The number of nitrogens with one attached hydrogen (secondary N) is 4. The Morgan fingerprint density at radius 3 is 2.52 bits per heavy atom. The molecule has 3 heterocycles. The van der Waals surface area contributed by atoms with Gasteiger partial charge in [0.1, 0.15) is 12.0 Å². The first-order valence-electron chi connectivity index (χ1n) is 10.0. The van der Waals surface area contributed by atoms with Crippen LogP contribution in [-0.4, -0.2) is 63.0 Å². The summed E-state index contributed by atoms with van der Waals surface area (Å²) in [7, 11) is 1.58. The van der Waals surface area contributed by atoms with E-state index < -0.39 is 5.91 Å². The summed E-state index contributed by atoms with van der Waals surface area (Å²) in [5.74, 6) is -0.296. The average molecular weight is 421 g/mol. The van der Waals surface area contributed by atoms with E-state index in [4.69, 9.17) is 5.41 Å². The van der Waals surface area contributed by atoms with E-state index in [2.05, 4.69) is 35.9 Å². The highest BCUT2D eigenvalue weighted by atomic mass is 16.2. The summed E-state index contributed by atoms with van der Waals surface area (Å²) in [6, 6.07) is 0. The highest BCUT2D eigenvalue weighted by Gasteiger charge is 2.29. The SMILES string of the molecule is CN/C(C(=O)N1CCC1)=C(\C=N)NC(=O)c1nc(C2CC2)cnc1Nc1cncnc1. The minimum atomic E-state index is -0.572. The Bertz CT molecular complexity index is 1030. The number of hydrogen-bond acceptors (Lipinski definition) is 9. The molecule has 0 unspecified atom stereocenters. The van der Waals surface area contributed by atoms with Crippen molar-refractivity contribution >= 4 is 29.5 Å². The van der Waals surface area contributed by atoms with Crippen LogP contribution in [0.2, 0.25) is 0 Å². The van der Waals surface area contributed by atoms with E-state index in [1.54, 1.807) is 30.5 Å². The van der Waals surface area contributed by atoms with Gasteiger partial charge >= 0.3 is 0 Å². The molecular formula is C20H23N9O2. The van der Waals surface area contributed by atoms with Crippen LogP contribution in [0.3, 0.4) is 0 Å². The van der Waals surface area contributed by atoms with Crippen molar-refractivity contribution in [3.63, 3.8) is 0 Å². The fourth-order valence-corrected chi connectivity index (χ4v) is 3.12. The molecule has 1 aliphatic carbocycles. The molecule has 2 fully saturated rings. The molecule has 11 heteroatoms. The standard InChI is InChI=1S/C20H23N9O2/c1-22-16(20(31)29-5-2-6-29)14(7-21)28-19(30)17-18(26-13-8-23-11-24-9-13)25-10-15(27-17)12-3-4-12/h7-12,21-22H,2-6H2,1H3,(H,25,26)(H,28,30)/b16-14+,21-7?. The number of nitrogens with zero attached hydrogens (tertiary/aromatic N) is 5. The van der Waals surface area contributed by atoms with Crippen molar-refractivity contribution in [3.05, 3.63) is 47.7 Å². The van der Waals surface area contributed by atoms with E-state index in [9.17, 15) is 9.59 Å². The number of likely N-dealkylation sites (tertiary alicyclic amines) is 1. The fourth-order valence-electron chi connectivity index (χ4n) is 3.12. The van der Waals surface area contributed by atoms with E-state index in [1.807, 2.05) is 0 Å². The first kappa shape index (κ1) is 20.4. The number of aromatic nitrogens is 4. The third-order valence-electron chi connectivity index (χ3n) is 5.09. The highest BCUT2D eigenvalue weighted by Crippen LogP contribution is 2.39. The Morgan fingerprint density at radius 1 is 1.19 bits per heavy atom. The zero-order valence-electron chi connectivity index (χ0n) is 17.1. The summed E-state index contributed by atoms with van der Waals surface area (Å²) in [5.41, 5.74) is 1.58. The Hall–Kier alpha value is -3.89. The van der Waals surface area contributed by atoms with E-state index in [0.29, 0.717) is 24.7 Å². The minimum Gasteiger partial charge on any atom is -0.382 e. The molecule has 2 aromatic heterocycles. The first-order valence-corrected chi connectivity index (χ1v) is 10.0. The second-order valence-corrected chi connectivity index (χ2v) is 7.30. The van der Waals surface area contributed by atoms with Gasteiger partial charge in [-0.15, -0.1) is 0 Å². The molecule has 31 heavy (non-hydrogen) atoms. The van der Waals surface area contributed by atoms with Gasteiger partial charge in [0.15, 0.2) is 11.5 Å². The normalized spacial score (nSPS) is 16.0. The second-order valence-electron chi connectivity index (χ2n) is 7.30. The lowest BCUT2D eigenvalue weighted by atomic mass is 10.2. The molecule has 4 rings (SSSR count). The van der Waals surface area contributed by atoms with Gasteiger partial charge in [-0.05, 0) is 19.3 Å². The van der Waals surface area contributed by atoms with Crippen LogP contribution in [0.25, 0.3) is 0 Å². The average Bonchev–Trinajstić information content (AvgIpc) is 3.58. The molecule has 0 bridgehead atoms. The molecule has 2 aliphatic rings. The number of amides is 2. The Morgan fingerprint density at radius 2 is 1.94 bits per heavy atom. The topological polar surface area (TPSA) is 149 Å². The van der Waals surface area contributed by atoms with E-state index in [0.717, 1.165) is 31.2 Å². The van der Waals surface area contributed by atoms with Gasteiger partial charge in [-0.25, -0.2) is 19.9 Å². The first-order chi connectivity index (χ1) is 15.1. The molecule has 11 nitrogen and oxygen atoms in total. The smallest absolute Gasteiger partial charge is 0.278 e. The van der Waals surface area contributed by atoms with Crippen molar-refractivity contribution in [3.8, 4) is 0 Å². The molecule has 2 aromatic rings. The van der Waals surface area contributed by atoms with Gasteiger partial charge in [0.25, 0.3) is 11.8 Å². The maximum absolute atomic E-state index is 13.1. The predicted octanol–water partition coefficient (Wildman–Crippen LogP) is 0.930. The summed E-state index contributed by atoms with van der Waals surface area (Å²) in [6.45, 7) is 1.32. The van der Waals surface area contributed by atoms with Crippen LogP contribution in [-0.2, 0) is 4.79 Å². The van der Waals surface area contributed by atoms with Crippen molar-refractivity contribution in [1.82, 2.24) is 35.5 Å². The molecule has 0 radical (unpaired) electrons. The van der Waals surface area contributed by atoms with Gasteiger partial charge in [-0.3, -0.25) is 9.59 Å². The third-order valence-corrected chi connectivity index (χ3v) is 5.09. The zero-order chi connectivity index (χ0) is 21.8. The lowest BCUT2D eigenvalue weighted by Gasteiger charge is -2.32. The maximum atomic E-state index is 13.1. The van der Waals surface area contributed by atoms with Crippen molar-refractivity contribution in [2.45, 2.75) is 25.2 Å². The largest absolute Gasteiger partial charge is 0.382 e. The van der Waals surface area contributed by atoms with E-state index >= 15 is 0 Å². The molecule has 1 aliphatic heterocycles. The number of hydrogen-bond donors (Lipinski definition) is 4. The van der Waals surface area contributed by atoms with Gasteiger partial charge in [0.2, 0.25) is 0 Å². The molecule has 1 saturated heterocycles. The van der Waals surface area contributed by atoms with E-state index in [-0.39, 0.29) is 28.8 Å². The summed E-state index contributed by atoms with van der Waals surface area (Å²) in [4.78, 5) is 44.2. The van der Waals surface area contributed by atoms with Gasteiger partial charge in [0.05, 0.1) is 35.7 Å². The number of allylic oxidation sites excluding steroid dienone is 1. The number of rotatable bonds is 8. The van der Waals surface area contributed by atoms with Crippen molar-refractivity contribution in [2.24, 2.45) is 0 Å². The third kappa shape index (κ3) is 4.49. The number of anilines is 2. The molecule has 0 spiro atoms. The number of likely N-dealkylation sites (N-methyl/N-ethyl adjacent to an activating group) is 1. The van der Waals surface area contributed by atoms with Gasteiger partial charge in [-0.2, -0.15) is 0 Å². The van der Waals surface area contributed by atoms with E-state index in [1.165, 1.54) is 6.33 Å². The van der Waals surface area contributed by atoms with Gasteiger partial charge in [0, 0.05) is 32.3 Å². The summed E-state index contributed by atoms with van der Waals surface area (Å²) >= 11 is 0. The van der Waals surface area contributed by atoms with Crippen LogP contribution in [0.15, 0.2) is 36.3 Å². The molecule has 160 valence electrons. The minimum absolute atomic E-state index is 0.0667. The molecule has 0 atom stereocenters. The number of carbonyl (C=O) groups excluding carboxylic acids is 2. The van der Waals surface area contributed by atoms with Crippen LogP contribution in [0.1, 0.15) is 41.4 Å². The second kappa shape index (κ2) is 8.86. The van der Waals surface area contributed by atoms with Crippen molar-refractivity contribution < 1.29 is 9.59 Å². The molecule has 4 N–H and O–H groups in total. The Balaban J connectivity index is 1.63. The zero-order valence-corrected chi connectivity index (χ0v) is 17.1. The summed E-state index contributed by atoms with van der Waals surface area (Å²) < 4.78 is 0. The van der Waals surface area contributed by atoms with Crippen molar-refractivity contribution in [1.29, 1.82) is 5.41 Å². The molecular weight excluding hydrogens is 398 g/mol. The number of carbonyl (C=O) groups is 2. The van der Waals surface area contributed by atoms with Gasteiger partial charge in [-0.1, -0.05) is 0 Å². The fraction of sp³-hybridized carbons (Fsp3) is 0.350. The lowest BCUT2D eigenvalue weighted by Crippen LogP contribution is -2.46. The van der Waals surface area contributed by atoms with Crippen LogP contribution in [0.4, 0.5) is 11.5 Å². The van der Waals surface area contributed by atoms with Crippen molar-refractivity contribution in [2.75, 3.05) is 25.5 Å². The summed E-state index contributed by atoms with van der Waals surface area (Å²) in [5, 5.41) is 16.2. The monoisotopic (exact) mass is 421 g/mol. The quantitative estimate of drug-likeness (QED) is 0.363. The van der Waals surface area contributed by atoms with Crippen LogP contribution in [0.5, 0.6) is 0 Å². The Kier molecular flexibility index (Phi) is 5.83. The lowest BCUT2D eigenvalue weighted by molar-refractivity contribution is -0.130. The van der Waals surface area contributed by atoms with Crippen LogP contribution < -0.4 is 16.0 Å². The molecule has 0 aromatic carbocycles. The predicted molar refractivity (Wildman–Crippen MR) is 113 cm³/mol. The molecule has 2 amide bonds. The maximum Gasteiger partial charge on any atom is 0.278 e. The summed E-state index contributed by atoms with van der Waals surface area (Å²) in [6.07, 6.45) is 10.1.